The molecule has 0 bridgehead atoms. The lowest BCUT2D eigenvalue weighted by atomic mass is 10.0. The largest absolute Gasteiger partial charge is 0.396 e. The number of carbonyl (C=O) groups excluding carboxylic acids is 2. The molecule has 0 aromatic heterocycles. The van der Waals surface area contributed by atoms with E-state index in [0.717, 1.165) is 44.9 Å². The zero-order chi connectivity index (χ0) is 32.5. The van der Waals surface area contributed by atoms with Gasteiger partial charge in [-0.25, -0.2) is 0 Å². The van der Waals surface area contributed by atoms with Gasteiger partial charge in [-0.2, -0.15) is 0 Å². The van der Waals surface area contributed by atoms with E-state index in [1.165, 1.54) is 141 Å². The number of nitrogens with one attached hydrogen (secondary N) is 2. The Morgan fingerprint density at radius 1 is 0.422 bits per heavy atom. The molecule has 1 rings (SSSR count). The maximum Gasteiger partial charge on any atom is 0.243 e. The van der Waals surface area contributed by atoms with E-state index < -0.39 is 0 Å². The summed E-state index contributed by atoms with van der Waals surface area (Å²) in [5, 5.41) is 23.6. The molecule has 0 aromatic rings. The van der Waals surface area contributed by atoms with Crippen molar-refractivity contribution in [3.63, 3.8) is 0 Å². The first-order valence-electron chi connectivity index (χ1n) is 19.3. The summed E-state index contributed by atoms with van der Waals surface area (Å²) in [5.74, 6) is -0.100. The number of rotatable bonds is 34. The highest BCUT2D eigenvalue weighted by atomic mass is 16.3. The summed E-state index contributed by atoms with van der Waals surface area (Å²) in [5.41, 5.74) is 0. The summed E-state index contributed by atoms with van der Waals surface area (Å²) in [7, 11) is 0. The summed E-state index contributed by atoms with van der Waals surface area (Å²) in [6, 6.07) is 0.116. The number of aliphatic hydroxyl groups is 2. The molecule has 1 aliphatic carbocycles. The molecule has 262 valence electrons. The van der Waals surface area contributed by atoms with E-state index in [9.17, 15) is 9.59 Å². The highest BCUT2D eigenvalue weighted by molar-refractivity contribution is 5.89. The maximum atomic E-state index is 12.2. The van der Waals surface area contributed by atoms with Gasteiger partial charge >= 0.3 is 0 Å². The van der Waals surface area contributed by atoms with E-state index in [-0.39, 0.29) is 23.9 Å². The third-order valence-electron chi connectivity index (χ3n) is 9.04. The van der Waals surface area contributed by atoms with Crippen LogP contribution in [-0.4, -0.2) is 47.3 Å². The van der Waals surface area contributed by atoms with Gasteiger partial charge in [-0.3, -0.25) is 9.59 Å². The van der Waals surface area contributed by atoms with E-state index in [4.69, 9.17) is 10.2 Å². The minimum atomic E-state index is -0.0500. The number of hydrogen-bond acceptors (Lipinski definition) is 4. The molecule has 1 aliphatic rings. The lowest BCUT2D eigenvalue weighted by Gasteiger charge is -2.03. The molecule has 0 spiro atoms. The SMILES string of the molecule is O=C(C=CCCCCCCCCCCCCCCCO)N[C@@H]1C[C@H]1NC(=O)C=CCCCCCCCCCCCCCCCO. The molecule has 1 fully saturated rings. The summed E-state index contributed by atoms with van der Waals surface area (Å²) in [6.45, 7) is 0.675. The molecule has 4 N–H and O–H groups in total. The fraction of sp³-hybridized carbons (Fsp3) is 0.846. The Bertz CT molecular complexity index is 679. The predicted octanol–water partition coefficient (Wildman–Crippen LogP) is 9.38. The number of amides is 2. The van der Waals surface area contributed by atoms with E-state index >= 15 is 0 Å². The molecule has 0 aliphatic heterocycles. The van der Waals surface area contributed by atoms with Gasteiger partial charge in [0, 0.05) is 13.2 Å². The summed E-state index contributed by atoms with van der Waals surface area (Å²) in [4.78, 5) is 24.3. The molecule has 0 heterocycles. The highest BCUT2D eigenvalue weighted by Crippen LogP contribution is 2.21. The van der Waals surface area contributed by atoms with E-state index in [0.29, 0.717) is 13.2 Å². The van der Waals surface area contributed by atoms with Gasteiger partial charge in [0.15, 0.2) is 0 Å². The van der Waals surface area contributed by atoms with Crippen molar-refractivity contribution in [3.05, 3.63) is 24.3 Å². The van der Waals surface area contributed by atoms with Crippen molar-refractivity contribution in [2.24, 2.45) is 0 Å². The number of hydrogen-bond donors (Lipinski definition) is 4. The average Bonchev–Trinajstić information content (AvgIpc) is 3.76. The van der Waals surface area contributed by atoms with Gasteiger partial charge in [0.05, 0.1) is 12.1 Å². The van der Waals surface area contributed by atoms with E-state index in [2.05, 4.69) is 10.6 Å². The Morgan fingerprint density at radius 2 is 0.667 bits per heavy atom. The third-order valence-corrected chi connectivity index (χ3v) is 9.04. The van der Waals surface area contributed by atoms with Crippen molar-refractivity contribution < 1.29 is 19.8 Å². The van der Waals surface area contributed by atoms with Gasteiger partial charge in [-0.05, 0) is 57.1 Å². The molecular formula is C39H72N2O4. The van der Waals surface area contributed by atoms with Crippen LogP contribution in [0.5, 0.6) is 0 Å². The van der Waals surface area contributed by atoms with Crippen molar-refractivity contribution in [2.75, 3.05) is 13.2 Å². The standard InChI is InChI=1S/C39H72N2O4/c42-33-29-25-21-17-13-9-5-1-3-7-11-15-19-23-27-31-38(44)40-36-35-37(36)41-39(45)32-28-24-20-16-12-8-4-2-6-10-14-18-22-26-30-34-43/h27-28,31-32,36-37,42-43H,1-26,29-30,33-35H2,(H,40,44)(H,41,45)/t36-,37-/m1/s1. The van der Waals surface area contributed by atoms with Crippen LogP contribution in [0.15, 0.2) is 24.3 Å². The molecule has 45 heavy (non-hydrogen) atoms. The van der Waals surface area contributed by atoms with Gasteiger partial charge < -0.3 is 20.8 Å². The van der Waals surface area contributed by atoms with Crippen molar-refractivity contribution in [1.29, 1.82) is 0 Å². The molecule has 0 aromatic carbocycles. The van der Waals surface area contributed by atoms with Gasteiger partial charge in [0.1, 0.15) is 0 Å². The number of unbranched alkanes of at least 4 members (excludes halogenated alkanes) is 26. The number of allylic oxidation sites excluding steroid dienone is 2. The first-order chi connectivity index (χ1) is 22.2. The van der Waals surface area contributed by atoms with Crippen LogP contribution >= 0.6 is 0 Å². The first kappa shape index (κ1) is 41.4. The molecular weight excluding hydrogens is 560 g/mol. The highest BCUT2D eigenvalue weighted by Gasteiger charge is 2.38. The van der Waals surface area contributed by atoms with Gasteiger partial charge in [0.2, 0.25) is 11.8 Å². The maximum absolute atomic E-state index is 12.2. The third kappa shape index (κ3) is 29.5. The first-order valence-corrected chi connectivity index (χ1v) is 19.3. The topological polar surface area (TPSA) is 98.7 Å². The van der Waals surface area contributed by atoms with Crippen LogP contribution in [0.2, 0.25) is 0 Å². The van der Waals surface area contributed by atoms with E-state index in [1.807, 2.05) is 12.2 Å². The van der Waals surface area contributed by atoms with Crippen LogP contribution in [0.25, 0.3) is 0 Å². The fourth-order valence-corrected chi connectivity index (χ4v) is 5.99. The molecule has 2 atom stereocenters. The van der Waals surface area contributed by atoms with Gasteiger partial charge in [0.25, 0.3) is 0 Å². The van der Waals surface area contributed by atoms with Crippen molar-refractivity contribution in [3.8, 4) is 0 Å². The zero-order valence-electron chi connectivity index (χ0n) is 29.1. The molecule has 2 amide bonds. The van der Waals surface area contributed by atoms with Crippen LogP contribution in [0.1, 0.15) is 186 Å². The second-order valence-electron chi connectivity index (χ2n) is 13.5. The Morgan fingerprint density at radius 3 is 0.933 bits per heavy atom. The lowest BCUT2D eigenvalue weighted by Crippen LogP contribution is -2.33. The Hall–Kier alpha value is -1.66. The predicted molar refractivity (Wildman–Crippen MR) is 190 cm³/mol. The second kappa shape index (κ2) is 32.3. The minimum Gasteiger partial charge on any atom is -0.396 e. The van der Waals surface area contributed by atoms with Crippen molar-refractivity contribution >= 4 is 11.8 Å². The molecule has 0 saturated heterocycles. The summed E-state index contributed by atoms with van der Waals surface area (Å²) < 4.78 is 0. The normalized spacial score (nSPS) is 16.1. The number of carbonyl (C=O) groups is 2. The van der Waals surface area contributed by atoms with Crippen LogP contribution in [-0.2, 0) is 9.59 Å². The van der Waals surface area contributed by atoms with Crippen LogP contribution in [0.3, 0.4) is 0 Å². The molecule has 0 radical (unpaired) electrons. The van der Waals surface area contributed by atoms with Crippen LogP contribution in [0, 0.1) is 0 Å². The van der Waals surface area contributed by atoms with Crippen LogP contribution < -0.4 is 10.6 Å². The quantitative estimate of drug-likeness (QED) is 0.0420. The Balaban J connectivity index is 1.84. The van der Waals surface area contributed by atoms with E-state index in [1.54, 1.807) is 12.2 Å². The lowest BCUT2D eigenvalue weighted by molar-refractivity contribution is -0.118. The van der Waals surface area contributed by atoms with Crippen molar-refractivity contribution in [2.45, 2.75) is 198 Å². The molecule has 0 unspecified atom stereocenters. The Labute approximate surface area is 277 Å². The smallest absolute Gasteiger partial charge is 0.243 e. The van der Waals surface area contributed by atoms with Crippen LogP contribution in [0.4, 0.5) is 0 Å². The molecule has 6 heteroatoms. The van der Waals surface area contributed by atoms with Gasteiger partial charge in [-0.15, -0.1) is 0 Å². The Kier molecular flexibility index (Phi) is 29.7. The zero-order valence-corrected chi connectivity index (χ0v) is 29.1. The summed E-state index contributed by atoms with van der Waals surface area (Å²) >= 11 is 0. The second-order valence-corrected chi connectivity index (χ2v) is 13.5. The van der Waals surface area contributed by atoms with Crippen molar-refractivity contribution in [1.82, 2.24) is 10.6 Å². The molecule has 6 nitrogen and oxygen atoms in total. The molecule has 1 saturated carbocycles. The monoisotopic (exact) mass is 633 g/mol. The minimum absolute atomic E-state index is 0.0500. The number of aliphatic hydroxyl groups excluding tert-OH is 2. The fourth-order valence-electron chi connectivity index (χ4n) is 5.99. The average molecular weight is 633 g/mol. The van der Waals surface area contributed by atoms with Gasteiger partial charge in [-0.1, -0.05) is 153 Å². The summed E-state index contributed by atoms with van der Waals surface area (Å²) in [6.07, 6.45) is 42.9.